The number of nitrogens with zero attached hydrogens (tertiary/aromatic N) is 2. The first-order chi connectivity index (χ1) is 13.9. The Bertz CT molecular complexity index is 1320. The highest BCUT2D eigenvalue weighted by Gasteiger charge is 2.12. The zero-order valence-corrected chi connectivity index (χ0v) is 16.7. The summed E-state index contributed by atoms with van der Waals surface area (Å²) in [5.41, 5.74) is 1.34. The molecule has 1 N–H and O–H groups in total. The molecule has 1 aromatic heterocycles. The van der Waals surface area contributed by atoms with Crippen molar-refractivity contribution < 1.29 is 9.18 Å². The predicted molar refractivity (Wildman–Crippen MR) is 115 cm³/mol. The van der Waals surface area contributed by atoms with Gasteiger partial charge in [0.2, 0.25) is 5.91 Å². The lowest BCUT2D eigenvalue weighted by atomic mass is 10.1. The monoisotopic (exact) mass is 407 g/mol. The molecule has 7 heteroatoms. The summed E-state index contributed by atoms with van der Waals surface area (Å²) in [7, 11) is 1.64. The van der Waals surface area contributed by atoms with E-state index in [4.69, 9.17) is 0 Å². The summed E-state index contributed by atoms with van der Waals surface area (Å²) in [4.78, 5) is 29.6. The standard InChI is InChI=1S/C22H18FN3O2S/c1-13-7-8-16(11-18(13)23)24-20(27)12-29-22-25-19-10-15-6-4-3-5-14(15)9-17(19)21(28)26(22)2/h3-11H,12H2,1-2H3,(H,24,27). The zero-order valence-electron chi connectivity index (χ0n) is 15.9. The first kappa shape index (κ1) is 19.1. The van der Waals surface area contributed by atoms with Crippen LogP contribution in [0.5, 0.6) is 0 Å². The van der Waals surface area contributed by atoms with Gasteiger partial charge in [-0.3, -0.25) is 14.2 Å². The first-order valence-corrected chi connectivity index (χ1v) is 9.99. The Labute approximate surface area is 170 Å². The molecule has 0 aliphatic rings. The molecule has 146 valence electrons. The van der Waals surface area contributed by atoms with Gasteiger partial charge in [0.15, 0.2) is 5.16 Å². The minimum absolute atomic E-state index is 0.0505. The molecule has 0 unspecified atom stereocenters. The number of halogens is 1. The average Bonchev–Trinajstić information content (AvgIpc) is 2.71. The Morgan fingerprint density at radius 2 is 1.86 bits per heavy atom. The van der Waals surface area contributed by atoms with Gasteiger partial charge in [-0.1, -0.05) is 42.1 Å². The molecule has 1 amide bonds. The van der Waals surface area contributed by atoms with E-state index in [9.17, 15) is 14.0 Å². The second-order valence-corrected chi connectivity index (χ2v) is 7.72. The van der Waals surface area contributed by atoms with Crippen LogP contribution in [0.2, 0.25) is 0 Å². The first-order valence-electron chi connectivity index (χ1n) is 9.01. The van der Waals surface area contributed by atoms with Crippen molar-refractivity contribution in [1.82, 2.24) is 9.55 Å². The Hall–Kier alpha value is -3.19. The second kappa shape index (κ2) is 7.67. The summed E-state index contributed by atoms with van der Waals surface area (Å²) in [6.07, 6.45) is 0. The number of hydrogen-bond donors (Lipinski definition) is 1. The minimum Gasteiger partial charge on any atom is -0.325 e. The molecule has 0 fully saturated rings. The van der Waals surface area contributed by atoms with Crippen molar-refractivity contribution in [1.29, 1.82) is 0 Å². The van der Waals surface area contributed by atoms with E-state index >= 15 is 0 Å². The van der Waals surface area contributed by atoms with Crippen LogP contribution in [-0.4, -0.2) is 21.2 Å². The normalized spacial score (nSPS) is 11.1. The number of carbonyl (C=O) groups is 1. The number of benzene rings is 3. The van der Waals surface area contributed by atoms with Gasteiger partial charge in [-0.15, -0.1) is 0 Å². The Kier molecular flexibility index (Phi) is 5.07. The summed E-state index contributed by atoms with van der Waals surface area (Å²) in [5, 5.41) is 5.62. The van der Waals surface area contributed by atoms with Gasteiger partial charge >= 0.3 is 0 Å². The van der Waals surface area contributed by atoms with Crippen LogP contribution in [0.3, 0.4) is 0 Å². The summed E-state index contributed by atoms with van der Waals surface area (Å²) >= 11 is 1.16. The maximum atomic E-state index is 13.6. The molecule has 4 rings (SSSR count). The molecule has 0 aliphatic heterocycles. The van der Waals surface area contributed by atoms with E-state index < -0.39 is 0 Å². The quantitative estimate of drug-likeness (QED) is 0.312. The fraction of sp³-hybridized carbons (Fsp3) is 0.136. The number of fused-ring (bicyclic) bond motifs is 2. The molecule has 1 heterocycles. The van der Waals surface area contributed by atoms with Crippen molar-refractivity contribution in [3.8, 4) is 0 Å². The average molecular weight is 407 g/mol. The van der Waals surface area contributed by atoms with Crippen LogP contribution in [0.4, 0.5) is 10.1 Å². The molecule has 0 radical (unpaired) electrons. The van der Waals surface area contributed by atoms with Crippen molar-refractivity contribution in [2.24, 2.45) is 7.05 Å². The highest BCUT2D eigenvalue weighted by molar-refractivity contribution is 7.99. The third-order valence-corrected chi connectivity index (χ3v) is 5.72. The maximum Gasteiger partial charge on any atom is 0.261 e. The summed E-state index contributed by atoms with van der Waals surface area (Å²) in [6.45, 7) is 1.66. The molecule has 0 spiro atoms. The van der Waals surface area contributed by atoms with E-state index in [0.717, 1.165) is 22.5 Å². The van der Waals surface area contributed by atoms with Crippen LogP contribution >= 0.6 is 11.8 Å². The lowest BCUT2D eigenvalue weighted by Gasteiger charge is -2.10. The molecule has 29 heavy (non-hydrogen) atoms. The van der Waals surface area contributed by atoms with Gasteiger partial charge in [0, 0.05) is 12.7 Å². The number of aromatic nitrogens is 2. The topological polar surface area (TPSA) is 64.0 Å². The molecule has 0 atom stereocenters. The van der Waals surface area contributed by atoms with Gasteiger partial charge in [-0.2, -0.15) is 0 Å². The fourth-order valence-electron chi connectivity index (χ4n) is 3.06. The Balaban J connectivity index is 1.57. The van der Waals surface area contributed by atoms with Crippen molar-refractivity contribution in [3.63, 3.8) is 0 Å². The lowest BCUT2D eigenvalue weighted by Crippen LogP contribution is -2.21. The fourth-order valence-corrected chi connectivity index (χ4v) is 3.84. The molecule has 5 nitrogen and oxygen atoms in total. The number of thioether (sulfide) groups is 1. The molecule has 0 bridgehead atoms. The van der Waals surface area contributed by atoms with Gasteiger partial charge in [0.1, 0.15) is 5.82 Å². The predicted octanol–water partition coefficient (Wildman–Crippen LogP) is 4.27. The number of carbonyl (C=O) groups excluding carboxylic acids is 1. The Morgan fingerprint density at radius 1 is 1.14 bits per heavy atom. The zero-order chi connectivity index (χ0) is 20.5. The summed E-state index contributed by atoms with van der Waals surface area (Å²) < 4.78 is 15.1. The van der Waals surface area contributed by atoms with E-state index in [1.807, 2.05) is 36.4 Å². The van der Waals surface area contributed by atoms with Crippen molar-refractivity contribution in [2.75, 3.05) is 11.1 Å². The van der Waals surface area contributed by atoms with Gasteiger partial charge in [0.25, 0.3) is 5.56 Å². The van der Waals surface area contributed by atoms with E-state index in [1.54, 1.807) is 26.1 Å². The van der Waals surface area contributed by atoms with E-state index in [1.165, 1.54) is 10.6 Å². The third kappa shape index (κ3) is 3.86. The molecule has 4 aromatic rings. The Morgan fingerprint density at radius 3 is 2.59 bits per heavy atom. The molecule has 0 saturated heterocycles. The molecule has 3 aromatic carbocycles. The highest BCUT2D eigenvalue weighted by atomic mass is 32.2. The maximum absolute atomic E-state index is 13.6. The SMILES string of the molecule is Cc1ccc(NC(=O)CSc2nc3cc4ccccc4cc3c(=O)n2C)cc1F. The molecular weight excluding hydrogens is 389 g/mol. The highest BCUT2D eigenvalue weighted by Crippen LogP contribution is 2.22. The van der Waals surface area contributed by atoms with Crippen LogP contribution in [0.25, 0.3) is 21.7 Å². The number of anilines is 1. The van der Waals surface area contributed by atoms with E-state index in [2.05, 4.69) is 10.3 Å². The van der Waals surface area contributed by atoms with Crippen LogP contribution in [-0.2, 0) is 11.8 Å². The van der Waals surface area contributed by atoms with Gasteiger partial charge in [0.05, 0.1) is 16.7 Å². The van der Waals surface area contributed by atoms with Crippen LogP contribution in [0.15, 0.2) is 64.5 Å². The molecule has 0 aliphatic carbocycles. The molecule has 0 saturated carbocycles. The van der Waals surface area contributed by atoms with Crippen molar-refractivity contribution >= 4 is 45.0 Å². The van der Waals surface area contributed by atoms with Crippen LogP contribution in [0, 0.1) is 12.7 Å². The third-order valence-electron chi connectivity index (χ3n) is 4.69. The van der Waals surface area contributed by atoms with Gasteiger partial charge in [-0.25, -0.2) is 9.37 Å². The van der Waals surface area contributed by atoms with Crippen LogP contribution < -0.4 is 10.9 Å². The van der Waals surface area contributed by atoms with Gasteiger partial charge in [-0.05, 0) is 47.5 Å². The summed E-state index contributed by atoms with van der Waals surface area (Å²) in [5.74, 6) is -0.623. The lowest BCUT2D eigenvalue weighted by molar-refractivity contribution is -0.113. The van der Waals surface area contributed by atoms with E-state index in [-0.39, 0.29) is 23.0 Å². The number of rotatable bonds is 4. The largest absolute Gasteiger partial charge is 0.325 e. The summed E-state index contributed by atoms with van der Waals surface area (Å²) in [6, 6.07) is 16.0. The number of aryl methyl sites for hydroxylation is 1. The van der Waals surface area contributed by atoms with Crippen molar-refractivity contribution in [3.05, 3.63) is 76.3 Å². The number of amides is 1. The van der Waals surface area contributed by atoms with Gasteiger partial charge < -0.3 is 5.32 Å². The van der Waals surface area contributed by atoms with E-state index in [0.29, 0.717) is 27.3 Å². The molecular formula is C22H18FN3O2S. The number of hydrogen-bond acceptors (Lipinski definition) is 4. The number of nitrogens with one attached hydrogen (secondary N) is 1. The minimum atomic E-state index is -0.374. The second-order valence-electron chi connectivity index (χ2n) is 6.78. The van der Waals surface area contributed by atoms with Crippen molar-refractivity contribution in [2.45, 2.75) is 12.1 Å². The van der Waals surface area contributed by atoms with Crippen LogP contribution in [0.1, 0.15) is 5.56 Å². The smallest absolute Gasteiger partial charge is 0.261 e.